The van der Waals surface area contributed by atoms with Crippen molar-refractivity contribution < 1.29 is 14.8 Å². The number of nitrogens with one attached hydrogen (secondary N) is 1. The minimum atomic E-state index is -0.659. The molecule has 2 unspecified atom stereocenters. The largest absolute Gasteiger partial charge is 0.387 e. The Hall–Kier alpha value is -1.50. The average Bonchev–Trinajstić information content (AvgIpc) is 2.53. The number of nitro benzene ring substituents is 1. The first kappa shape index (κ1) is 15.9. The fourth-order valence-electron chi connectivity index (χ4n) is 2.62. The third kappa shape index (κ3) is 4.49. The second-order valence-electron chi connectivity index (χ2n) is 5.51. The highest BCUT2D eigenvalue weighted by Crippen LogP contribution is 2.20. The SMILES string of the molecule is CC(NCC(O)c1ccc([N+](=O)[O-])cc1)C1CCOCC1. The Bertz CT molecular complexity index is 457. The van der Waals surface area contributed by atoms with E-state index in [1.165, 1.54) is 12.1 Å². The fourth-order valence-corrected chi connectivity index (χ4v) is 2.62. The standard InChI is InChI=1S/C15H22N2O4/c1-11(12-6-8-21-9-7-12)16-10-15(18)13-2-4-14(5-3-13)17(19)20/h2-5,11-12,15-16,18H,6-10H2,1H3. The van der Waals surface area contributed by atoms with Crippen LogP contribution in [0.15, 0.2) is 24.3 Å². The Morgan fingerprint density at radius 2 is 2.00 bits per heavy atom. The van der Waals surface area contributed by atoms with Crippen LogP contribution >= 0.6 is 0 Å². The molecule has 2 atom stereocenters. The van der Waals surface area contributed by atoms with Gasteiger partial charge < -0.3 is 15.2 Å². The summed E-state index contributed by atoms with van der Waals surface area (Å²) in [6.07, 6.45) is 1.43. The quantitative estimate of drug-likeness (QED) is 0.619. The van der Waals surface area contributed by atoms with E-state index in [9.17, 15) is 15.2 Å². The first-order chi connectivity index (χ1) is 10.1. The van der Waals surface area contributed by atoms with Crippen LogP contribution in [0.3, 0.4) is 0 Å². The van der Waals surface area contributed by atoms with Gasteiger partial charge in [-0.05, 0) is 43.4 Å². The van der Waals surface area contributed by atoms with Crippen LogP contribution in [0, 0.1) is 16.0 Å². The summed E-state index contributed by atoms with van der Waals surface area (Å²) in [4.78, 5) is 10.1. The van der Waals surface area contributed by atoms with Crippen LogP contribution in [-0.2, 0) is 4.74 Å². The summed E-state index contributed by atoms with van der Waals surface area (Å²) in [5.41, 5.74) is 0.724. The van der Waals surface area contributed by atoms with Gasteiger partial charge in [-0.25, -0.2) is 0 Å². The van der Waals surface area contributed by atoms with Gasteiger partial charge in [0, 0.05) is 37.9 Å². The Balaban J connectivity index is 1.83. The summed E-state index contributed by atoms with van der Waals surface area (Å²) in [5, 5.41) is 24.1. The molecular weight excluding hydrogens is 272 g/mol. The molecule has 1 aromatic carbocycles. The van der Waals surface area contributed by atoms with Gasteiger partial charge in [0.05, 0.1) is 11.0 Å². The molecule has 1 saturated heterocycles. The molecule has 1 aliphatic heterocycles. The number of nitro groups is 1. The van der Waals surface area contributed by atoms with Crippen LogP contribution in [0.4, 0.5) is 5.69 Å². The van der Waals surface area contributed by atoms with Crippen molar-refractivity contribution in [3.05, 3.63) is 39.9 Å². The summed E-state index contributed by atoms with van der Waals surface area (Å²) in [7, 11) is 0. The maximum atomic E-state index is 10.6. The number of rotatable bonds is 6. The highest BCUT2D eigenvalue weighted by molar-refractivity contribution is 5.33. The van der Waals surface area contributed by atoms with Crippen molar-refractivity contribution in [2.24, 2.45) is 5.92 Å². The molecule has 2 rings (SSSR count). The van der Waals surface area contributed by atoms with E-state index < -0.39 is 11.0 Å². The molecule has 2 N–H and O–H groups in total. The van der Waals surface area contributed by atoms with E-state index in [-0.39, 0.29) is 5.69 Å². The number of hydrogen-bond acceptors (Lipinski definition) is 5. The van der Waals surface area contributed by atoms with E-state index >= 15 is 0 Å². The number of ether oxygens (including phenoxy) is 1. The summed E-state index contributed by atoms with van der Waals surface area (Å²) < 4.78 is 5.34. The van der Waals surface area contributed by atoms with Crippen LogP contribution < -0.4 is 5.32 Å². The average molecular weight is 294 g/mol. The van der Waals surface area contributed by atoms with Crippen molar-refractivity contribution in [2.45, 2.75) is 31.9 Å². The van der Waals surface area contributed by atoms with Crippen molar-refractivity contribution in [1.82, 2.24) is 5.32 Å². The molecule has 0 bridgehead atoms. The van der Waals surface area contributed by atoms with E-state index in [0.717, 1.165) is 26.1 Å². The van der Waals surface area contributed by atoms with E-state index in [1.54, 1.807) is 12.1 Å². The third-order valence-electron chi connectivity index (χ3n) is 4.09. The topological polar surface area (TPSA) is 84.6 Å². The third-order valence-corrected chi connectivity index (χ3v) is 4.09. The number of aliphatic hydroxyl groups is 1. The van der Waals surface area contributed by atoms with Crippen LogP contribution in [0.1, 0.15) is 31.4 Å². The molecule has 0 spiro atoms. The molecule has 116 valence electrons. The highest BCUT2D eigenvalue weighted by atomic mass is 16.6. The zero-order chi connectivity index (χ0) is 15.2. The Morgan fingerprint density at radius 1 is 1.38 bits per heavy atom. The molecule has 0 aliphatic carbocycles. The first-order valence-electron chi connectivity index (χ1n) is 7.31. The molecule has 0 aromatic heterocycles. The first-order valence-corrected chi connectivity index (χ1v) is 7.31. The lowest BCUT2D eigenvalue weighted by atomic mass is 9.93. The lowest BCUT2D eigenvalue weighted by Gasteiger charge is -2.29. The zero-order valence-electron chi connectivity index (χ0n) is 12.2. The molecule has 0 saturated carbocycles. The van der Waals surface area contributed by atoms with Crippen LogP contribution in [0.2, 0.25) is 0 Å². The summed E-state index contributed by atoms with van der Waals surface area (Å²) in [6, 6.07) is 6.36. The Morgan fingerprint density at radius 3 is 2.57 bits per heavy atom. The lowest BCUT2D eigenvalue weighted by Crippen LogP contribution is -2.38. The molecule has 1 fully saturated rings. The smallest absolute Gasteiger partial charge is 0.269 e. The second kappa shape index (κ2) is 7.49. The number of aliphatic hydroxyl groups excluding tert-OH is 1. The molecular formula is C15H22N2O4. The maximum Gasteiger partial charge on any atom is 0.269 e. The number of hydrogen-bond donors (Lipinski definition) is 2. The van der Waals surface area contributed by atoms with Crippen molar-refractivity contribution in [1.29, 1.82) is 0 Å². The van der Waals surface area contributed by atoms with Gasteiger partial charge >= 0.3 is 0 Å². The Kier molecular flexibility index (Phi) is 5.67. The zero-order valence-corrected chi connectivity index (χ0v) is 12.2. The van der Waals surface area contributed by atoms with Crippen LogP contribution in [-0.4, -0.2) is 35.8 Å². The van der Waals surface area contributed by atoms with Gasteiger partial charge in [0.1, 0.15) is 0 Å². The number of benzene rings is 1. The molecule has 1 aromatic rings. The molecule has 0 amide bonds. The molecule has 1 aliphatic rings. The minimum Gasteiger partial charge on any atom is -0.387 e. The van der Waals surface area contributed by atoms with Gasteiger partial charge in [-0.3, -0.25) is 10.1 Å². The van der Waals surface area contributed by atoms with Gasteiger partial charge in [0.25, 0.3) is 5.69 Å². The summed E-state index contributed by atoms with van der Waals surface area (Å²) >= 11 is 0. The van der Waals surface area contributed by atoms with E-state index in [4.69, 9.17) is 4.74 Å². The fraction of sp³-hybridized carbons (Fsp3) is 0.600. The van der Waals surface area contributed by atoms with Crippen molar-refractivity contribution in [2.75, 3.05) is 19.8 Å². The monoisotopic (exact) mass is 294 g/mol. The van der Waals surface area contributed by atoms with E-state index in [1.807, 2.05) is 0 Å². The van der Waals surface area contributed by atoms with Crippen LogP contribution in [0.5, 0.6) is 0 Å². The number of non-ortho nitro benzene ring substituents is 1. The summed E-state index contributed by atoms with van der Waals surface area (Å²) in [5.74, 6) is 0.572. The van der Waals surface area contributed by atoms with E-state index in [2.05, 4.69) is 12.2 Å². The van der Waals surface area contributed by atoms with Crippen molar-refractivity contribution in [3.8, 4) is 0 Å². The van der Waals surface area contributed by atoms with Crippen molar-refractivity contribution >= 4 is 5.69 Å². The lowest BCUT2D eigenvalue weighted by molar-refractivity contribution is -0.384. The molecule has 21 heavy (non-hydrogen) atoms. The van der Waals surface area contributed by atoms with Crippen LogP contribution in [0.25, 0.3) is 0 Å². The summed E-state index contributed by atoms with van der Waals surface area (Å²) in [6.45, 7) is 4.18. The van der Waals surface area contributed by atoms with Gasteiger partial charge in [-0.15, -0.1) is 0 Å². The predicted octanol–water partition coefficient (Wildman–Crippen LogP) is 2.03. The van der Waals surface area contributed by atoms with Gasteiger partial charge in [-0.1, -0.05) is 0 Å². The van der Waals surface area contributed by atoms with E-state index in [0.29, 0.717) is 24.1 Å². The second-order valence-corrected chi connectivity index (χ2v) is 5.51. The molecule has 6 nitrogen and oxygen atoms in total. The normalized spacial score (nSPS) is 19.1. The van der Waals surface area contributed by atoms with Gasteiger partial charge in [-0.2, -0.15) is 0 Å². The minimum absolute atomic E-state index is 0.0366. The van der Waals surface area contributed by atoms with Crippen molar-refractivity contribution in [3.63, 3.8) is 0 Å². The maximum absolute atomic E-state index is 10.6. The highest BCUT2D eigenvalue weighted by Gasteiger charge is 2.21. The molecule has 1 heterocycles. The number of nitrogens with zero attached hydrogens (tertiary/aromatic N) is 1. The van der Waals surface area contributed by atoms with Gasteiger partial charge in [0.15, 0.2) is 0 Å². The Labute approximate surface area is 124 Å². The molecule has 0 radical (unpaired) electrons. The van der Waals surface area contributed by atoms with Gasteiger partial charge in [0.2, 0.25) is 0 Å². The molecule has 6 heteroatoms. The predicted molar refractivity (Wildman–Crippen MR) is 79.1 cm³/mol.